The van der Waals surface area contributed by atoms with Gasteiger partial charge in [0.1, 0.15) is 6.61 Å². The number of methoxy groups -OCH3 is 1. The third kappa shape index (κ3) is 5.52. The van der Waals surface area contributed by atoms with Crippen molar-refractivity contribution in [2.75, 3.05) is 7.11 Å². The minimum atomic E-state index is -0.665. The highest BCUT2D eigenvalue weighted by Gasteiger charge is 2.26. The number of rotatable bonds is 7. The summed E-state index contributed by atoms with van der Waals surface area (Å²) < 4.78 is 17.3. The second-order valence-corrected chi connectivity index (χ2v) is 8.83. The summed E-state index contributed by atoms with van der Waals surface area (Å²) in [5.74, 6) is 0.277. The maximum atomic E-state index is 12.4. The van der Waals surface area contributed by atoms with Crippen molar-refractivity contribution in [2.24, 2.45) is 4.99 Å². The highest BCUT2D eigenvalue weighted by atomic mass is 79.9. The van der Waals surface area contributed by atoms with Crippen LogP contribution in [0.15, 0.2) is 69.8 Å². The molecule has 0 unspecified atom stereocenters. The molecule has 0 aromatic heterocycles. The van der Waals surface area contributed by atoms with Crippen LogP contribution in [0.4, 0.5) is 5.69 Å². The van der Waals surface area contributed by atoms with Gasteiger partial charge in [0.25, 0.3) is 5.69 Å². The van der Waals surface area contributed by atoms with E-state index in [1.807, 2.05) is 12.1 Å². The summed E-state index contributed by atoms with van der Waals surface area (Å²) in [5.41, 5.74) is 2.34. The van der Waals surface area contributed by atoms with Gasteiger partial charge in [-0.15, -0.1) is 0 Å². The lowest BCUT2D eigenvalue weighted by atomic mass is 10.1. The normalized spacial score (nSPS) is 14.0. The minimum Gasteiger partial charge on any atom is -0.493 e. The molecule has 1 aliphatic rings. The van der Waals surface area contributed by atoms with E-state index < -0.39 is 10.9 Å². The molecule has 0 bridgehead atoms. The molecule has 0 saturated heterocycles. The van der Waals surface area contributed by atoms with Crippen LogP contribution in [0.2, 0.25) is 5.02 Å². The Kier molecular flexibility index (Phi) is 7.18. The Labute approximate surface area is 214 Å². The van der Waals surface area contributed by atoms with Gasteiger partial charge in [-0.25, -0.2) is 9.79 Å². The number of halogens is 2. The molecular weight excluding hydrogens is 540 g/mol. The highest BCUT2D eigenvalue weighted by molar-refractivity contribution is 9.10. The average Bonchev–Trinajstić information content (AvgIpc) is 3.19. The Morgan fingerprint density at radius 2 is 1.91 bits per heavy atom. The Balaban J connectivity index is 1.60. The fourth-order valence-corrected chi connectivity index (χ4v) is 4.03. The van der Waals surface area contributed by atoms with Crippen molar-refractivity contribution in [2.45, 2.75) is 13.5 Å². The maximum Gasteiger partial charge on any atom is 0.363 e. The summed E-state index contributed by atoms with van der Waals surface area (Å²) in [5, 5.41) is 11.9. The number of nitrogens with zero attached hydrogens (tertiary/aromatic N) is 2. The largest absolute Gasteiger partial charge is 0.493 e. The van der Waals surface area contributed by atoms with Gasteiger partial charge in [0.05, 0.1) is 16.5 Å². The van der Waals surface area contributed by atoms with Gasteiger partial charge in [-0.2, -0.15) is 0 Å². The number of hydrogen-bond donors (Lipinski definition) is 0. The first-order valence-electron chi connectivity index (χ1n) is 10.3. The molecule has 0 amide bonds. The molecule has 35 heavy (non-hydrogen) atoms. The second kappa shape index (κ2) is 10.3. The molecule has 0 radical (unpaired) electrons. The highest BCUT2D eigenvalue weighted by Crippen LogP contribution is 2.38. The van der Waals surface area contributed by atoms with Gasteiger partial charge in [-0.1, -0.05) is 29.8 Å². The first-order valence-corrected chi connectivity index (χ1v) is 11.4. The average molecular weight is 558 g/mol. The number of nitro groups is 1. The Morgan fingerprint density at radius 3 is 2.60 bits per heavy atom. The second-order valence-electron chi connectivity index (χ2n) is 7.54. The molecule has 178 valence electrons. The first-order chi connectivity index (χ1) is 16.7. The van der Waals surface area contributed by atoms with Crippen LogP contribution < -0.4 is 9.47 Å². The van der Waals surface area contributed by atoms with E-state index in [2.05, 4.69) is 20.9 Å². The third-order valence-corrected chi connectivity index (χ3v) is 5.97. The molecule has 4 rings (SSSR count). The van der Waals surface area contributed by atoms with Gasteiger partial charge in [-0.3, -0.25) is 10.1 Å². The zero-order valence-electron chi connectivity index (χ0n) is 18.6. The van der Waals surface area contributed by atoms with Crippen molar-refractivity contribution in [1.29, 1.82) is 0 Å². The third-order valence-electron chi connectivity index (χ3n) is 5.12. The van der Waals surface area contributed by atoms with Crippen LogP contribution in [0.1, 0.15) is 22.3 Å². The van der Waals surface area contributed by atoms with Gasteiger partial charge in [0, 0.05) is 22.2 Å². The van der Waals surface area contributed by atoms with Crippen LogP contribution in [0.5, 0.6) is 11.5 Å². The molecule has 0 atom stereocenters. The zero-order valence-corrected chi connectivity index (χ0v) is 20.9. The van der Waals surface area contributed by atoms with Crippen LogP contribution in [0.25, 0.3) is 6.08 Å². The molecule has 0 fully saturated rings. The lowest BCUT2D eigenvalue weighted by Gasteiger charge is -2.14. The molecule has 0 aliphatic carbocycles. The molecule has 10 heteroatoms. The van der Waals surface area contributed by atoms with Gasteiger partial charge >= 0.3 is 5.97 Å². The fraction of sp³-hybridized carbons (Fsp3) is 0.120. The van der Waals surface area contributed by atoms with E-state index in [-0.39, 0.29) is 17.3 Å². The predicted molar refractivity (Wildman–Crippen MR) is 135 cm³/mol. The van der Waals surface area contributed by atoms with Crippen LogP contribution in [-0.4, -0.2) is 23.9 Å². The monoisotopic (exact) mass is 556 g/mol. The maximum absolute atomic E-state index is 12.4. The number of cyclic esters (lactones) is 1. The molecule has 1 heterocycles. The van der Waals surface area contributed by atoms with Crippen LogP contribution in [0.3, 0.4) is 0 Å². The molecule has 1 aliphatic heterocycles. The summed E-state index contributed by atoms with van der Waals surface area (Å²) in [7, 11) is 1.51. The van der Waals surface area contributed by atoms with E-state index in [1.54, 1.807) is 43.3 Å². The van der Waals surface area contributed by atoms with Crippen molar-refractivity contribution in [3.63, 3.8) is 0 Å². The Morgan fingerprint density at radius 1 is 1.17 bits per heavy atom. The number of esters is 1. The van der Waals surface area contributed by atoms with E-state index in [1.165, 1.54) is 19.3 Å². The van der Waals surface area contributed by atoms with E-state index in [4.69, 9.17) is 25.8 Å². The van der Waals surface area contributed by atoms with Crippen molar-refractivity contribution >= 4 is 51.2 Å². The van der Waals surface area contributed by atoms with Gasteiger partial charge in [-0.05, 0) is 70.4 Å². The molecular formula is C25H18BrClN2O6. The summed E-state index contributed by atoms with van der Waals surface area (Å²) in [6.07, 6.45) is 1.54. The number of ether oxygens (including phenoxy) is 3. The van der Waals surface area contributed by atoms with Crippen LogP contribution in [0, 0.1) is 17.0 Å². The van der Waals surface area contributed by atoms with Crippen molar-refractivity contribution in [1.82, 2.24) is 0 Å². The minimum absolute atomic E-state index is 0.00158. The van der Waals surface area contributed by atoms with E-state index in [0.29, 0.717) is 44.3 Å². The first kappa shape index (κ1) is 24.4. The molecule has 0 saturated carbocycles. The number of benzene rings is 3. The molecule has 0 N–H and O–H groups in total. The van der Waals surface area contributed by atoms with Crippen LogP contribution >= 0.6 is 27.5 Å². The zero-order chi connectivity index (χ0) is 25.1. The molecule has 8 nitrogen and oxygen atoms in total. The Bertz CT molecular complexity index is 1390. The number of nitro benzene ring substituents is 1. The SMILES string of the molecule is COc1cc(/C=C2\N=C(c3ccc(C)c([N+](=O)[O-])c3)OC2=O)cc(Br)c1OCc1ccc(Cl)cc1. The number of carbonyl (C=O) groups is 1. The van der Waals surface area contributed by atoms with Crippen LogP contribution in [-0.2, 0) is 16.1 Å². The quantitative estimate of drug-likeness (QED) is 0.147. The number of carbonyl (C=O) groups excluding carboxylic acids is 1. The molecule has 3 aromatic carbocycles. The summed E-state index contributed by atoms with van der Waals surface area (Å²) in [4.78, 5) is 27.4. The lowest BCUT2D eigenvalue weighted by Crippen LogP contribution is -2.06. The van der Waals surface area contributed by atoms with Gasteiger partial charge < -0.3 is 14.2 Å². The molecule has 0 spiro atoms. The number of hydrogen-bond acceptors (Lipinski definition) is 7. The van der Waals surface area contributed by atoms with Gasteiger partial charge in [0.2, 0.25) is 5.90 Å². The fourth-order valence-electron chi connectivity index (χ4n) is 3.33. The summed E-state index contributed by atoms with van der Waals surface area (Å²) in [6, 6.07) is 15.3. The van der Waals surface area contributed by atoms with E-state index in [0.717, 1.165) is 5.56 Å². The topological polar surface area (TPSA) is 100 Å². The van der Waals surface area contributed by atoms with E-state index >= 15 is 0 Å². The van der Waals surface area contributed by atoms with Gasteiger partial charge in [0.15, 0.2) is 17.2 Å². The number of aryl methyl sites for hydroxylation is 1. The predicted octanol–water partition coefficient (Wildman–Crippen LogP) is 6.25. The van der Waals surface area contributed by atoms with Crippen molar-refractivity contribution in [3.05, 3.63) is 102 Å². The molecule has 3 aromatic rings. The lowest BCUT2D eigenvalue weighted by molar-refractivity contribution is -0.385. The summed E-state index contributed by atoms with van der Waals surface area (Å²) in [6.45, 7) is 1.93. The van der Waals surface area contributed by atoms with E-state index in [9.17, 15) is 14.9 Å². The van der Waals surface area contributed by atoms with Crippen molar-refractivity contribution in [3.8, 4) is 11.5 Å². The standard InChI is InChI=1S/C25H18BrClN2O6/c1-14-3-6-17(12-21(14)29(31)32)24-28-20(25(30)35-24)10-16-9-19(26)23(22(11-16)33-2)34-13-15-4-7-18(27)8-5-15/h3-12H,13H2,1-2H3/b20-10-. The smallest absolute Gasteiger partial charge is 0.363 e. The number of aliphatic imine (C=N–C) groups is 1. The summed E-state index contributed by atoms with van der Waals surface area (Å²) >= 11 is 9.42. The van der Waals surface area contributed by atoms with Crippen molar-refractivity contribution < 1.29 is 23.9 Å². The Hall–Kier alpha value is -3.69.